The minimum atomic E-state index is 0.586. The Balaban J connectivity index is 2.63. The quantitative estimate of drug-likeness (QED) is 0.842. The van der Waals surface area contributed by atoms with Crippen molar-refractivity contribution in [2.45, 2.75) is 13.3 Å². The molecule has 1 unspecified atom stereocenters. The summed E-state index contributed by atoms with van der Waals surface area (Å²) in [5.41, 5.74) is 6.94. The summed E-state index contributed by atoms with van der Waals surface area (Å²) in [6.45, 7) is 2.95. The molecule has 66 valence electrons. The van der Waals surface area contributed by atoms with Crippen LogP contribution in [0, 0.1) is 9.49 Å². The van der Waals surface area contributed by atoms with Crippen LogP contribution < -0.4 is 5.73 Å². The second kappa shape index (κ2) is 4.82. The highest BCUT2D eigenvalue weighted by atomic mass is 127. The first-order valence-electron chi connectivity index (χ1n) is 4.17. The molecule has 0 bridgehead atoms. The van der Waals surface area contributed by atoms with E-state index in [-0.39, 0.29) is 0 Å². The molecule has 2 heteroatoms. The van der Waals surface area contributed by atoms with Crippen molar-refractivity contribution in [1.29, 1.82) is 0 Å². The molecular formula is C10H14IN. The number of hydrogen-bond donors (Lipinski definition) is 1. The summed E-state index contributed by atoms with van der Waals surface area (Å²) in [5.74, 6) is 0.586. The van der Waals surface area contributed by atoms with E-state index in [9.17, 15) is 0 Å². The van der Waals surface area contributed by atoms with Crippen LogP contribution in [0.2, 0.25) is 0 Å². The monoisotopic (exact) mass is 275 g/mol. The molecule has 1 nitrogen and oxygen atoms in total. The highest BCUT2D eigenvalue weighted by Gasteiger charge is 2.00. The van der Waals surface area contributed by atoms with Crippen LogP contribution >= 0.6 is 22.6 Å². The van der Waals surface area contributed by atoms with Crippen molar-refractivity contribution in [3.63, 3.8) is 0 Å². The Bertz CT molecular complexity index is 247. The molecule has 0 amide bonds. The van der Waals surface area contributed by atoms with Crippen molar-refractivity contribution >= 4 is 22.6 Å². The largest absolute Gasteiger partial charge is 0.330 e. The summed E-state index contributed by atoms with van der Waals surface area (Å²) in [6, 6.07) is 8.58. The van der Waals surface area contributed by atoms with Crippen LogP contribution in [0.1, 0.15) is 12.5 Å². The van der Waals surface area contributed by atoms with Gasteiger partial charge in [-0.15, -0.1) is 0 Å². The van der Waals surface area contributed by atoms with Gasteiger partial charge in [-0.2, -0.15) is 0 Å². The fourth-order valence-corrected chi connectivity index (χ4v) is 1.76. The first-order valence-corrected chi connectivity index (χ1v) is 5.24. The molecular weight excluding hydrogens is 261 g/mol. The summed E-state index contributed by atoms with van der Waals surface area (Å²) < 4.78 is 1.30. The van der Waals surface area contributed by atoms with E-state index in [1.807, 2.05) is 0 Å². The van der Waals surface area contributed by atoms with Gasteiger partial charge < -0.3 is 5.73 Å². The van der Waals surface area contributed by atoms with Crippen molar-refractivity contribution in [3.05, 3.63) is 33.4 Å². The summed E-state index contributed by atoms with van der Waals surface area (Å²) >= 11 is 2.33. The molecule has 0 aliphatic heterocycles. The fraction of sp³-hybridized carbons (Fsp3) is 0.400. The van der Waals surface area contributed by atoms with Gasteiger partial charge in [-0.25, -0.2) is 0 Å². The van der Waals surface area contributed by atoms with Crippen LogP contribution in [0.4, 0.5) is 0 Å². The van der Waals surface area contributed by atoms with Gasteiger partial charge in [0.2, 0.25) is 0 Å². The maximum atomic E-state index is 5.56. The van der Waals surface area contributed by atoms with Gasteiger partial charge in [0.1, 0.15) is 0 Å². The maximum Gasteiger partial charge on any atom is 0.0133 e. The minimum absolute atomic E-state index is 0.586. The lowest BCUT2D eigenvalue weighted by Crippen LogP contribution is -2.13. The summed E-state index contributed by atoms with van der Waals surface area (Å²) in [6.07, 6.45) is 1.09. The van der Waals surface area contributed by atoms with E-state index in [2.05, 4.69) is 53.8 Å². The number of rotatable bonds is 3. The molecule has 0 aliphatic rings. The van der Waals surface area contributed by atoms with Gasteiger partial charge in [0.05, 0.1) is 0 Å². The van der Waals surface area contributed by atoms with Crippen LogP contribution in [0.3, 0.4) is 0 Å². The lowest BCUT2D eigenvalue weighted by atomic mass is 10.0. The SMILES string of the molecule is CC(CN)Cc1cccc(I)c1. The van der Waals surface area contributed by atoms with E-state index in [0.717, 1.165) is 13.0 Å². The van der Waals surface area contributed by atoms with Gasteiger partial charge in [-0.05, 0) is 59.2 Å². The standard InChI is InChI=1S/C10H14IN/c1-8(7-12)5-9-3-2-4-10(11)6-9/h2-4,6,8H,5,7,12H2,1H3. The van der Waals surface area contributed by atoms with Gasteiger partial charge in [0.15, 0.2) is 0 Å². The molecule has 1 atom stereocenters. The Morgan fingerprint density at radius 1 is 1.50 bits per heavy atom. The molecule has 0 saturated carbocycles. The molecule has 0 spiro atoms. The molecule has 1 rings (SSSR count). The molecule has 1 aromatic rings. The second-order valence-corrected chi connectivity index (χ2v) is 4.42. The second-order valence-electron chi connectivity index (χ2n) is 3.17. The van der Waals surface area contributed by atoms with Gasteiger partial charge in [0, 0.05) is 3.57 Å². The van der Waals surface area contributed by atoms with Crippen molar-refractivity contribution in [2.75, 3.05) is 6.54 Å². The summed E-state index contributed by atoms with van der Waals surface area (Å²) in [4.78, 5) is 0. The highest BCUT2D eigenvalue weighted by molar-refractivity contribution is 14.1. The molecule has 12 heavy (non-hydrogen) atoms. The van der Waals surface area contributed by atoms with Gasteiger partial charge in [-0.3, -0.25) is 0 Å². The van der Waals surface area contributed by atoms with Crippen molar-refractivity contribution in [2.24, 2.45) is 11.7 Å². The Kier molecular flexibility index (Phi) is 4.01. The molecule has 0 saturated heterocycles. The average molecular weight is 275 g/mol. The third-order valence-corrected chi connectivity index (χ3v) is 2.55. The molecule has 2 N–H and O–H groups in total. The lowest BCUT2D eigenvalue weighted by Gasteiger charge is -2.07. The highest BCUT2D eigenvalue weighted by Crippen LogP contribution is 2.11. The van der Waals surface area contributed by atoms with Crippen LogP contribution in [0.15, 0.2) is 24.3 Å². The van der Waals surface area contributed by atoms with Crippen LogP contribution in [0.5, 0.6) is 0 Å². The fourth-order valence-electron chi connectivity index (χ4n) is 1.15. The zero-order valence-electron chi connectivity index (χ0n) is 7.26. The molecule has 0 heterocycles. The third-order valence-electron chi connectivity index (χ3n) is 1.88. The van der Waals surface area contributed by atoms with Crippen molar-refractivity contribution in [1.82, 2.24) is 0 Å². The number of benzene rings is 1. The Morgan fingerprint density at radius 3 is 2.83 bits per heavy atom. The number of nitrogens with two attached hydrogens (primary N) is 1. The van der Waals surface area contributed by atoms with Gasteiger partial charge in [0.25, 0.3) is 0 Å². The Hall–Kier alpha value is -0.0900. The smallest absolute Gasteiger partial charge is 0.0133 e. The predicted molar refractivity (Wildman–Crippen MR) is 61.1 cm³/mol. The van der Waals surface area contributed by atoms with E-state index in [0.29, 0.717) is 5.92 Å². The first kappa shape index (κ1) is 9.99. The molecule has 1 aromatic carbocycles. The zero-order chi connectivity index (χ0) is 8.97. The molecule has 0 aliphatic carbocycles. The Labute approximate surface area is 87.5 Å². The average Bonchev–Trinajstić information content (AvgIpc) is 2.04. The van der Waals surface area contributed by atoms with Gasteiger partial charge >= 0.3 is 0 Å². The molecule has 0 aromatic heterocycles. The van der Waals surface area contributed by atoms with Crippen LogP contribution in [-0.2, 0) is 6.42 Å². The van der Waals surface area contributed by atoms with E-state index >= 15 is 0 Å². The van der Waals surface area contributed by atoms with E-state index in [4.69, 9.17) is 5.73 Å². The number of hydrogen-bond acceptors (Lipinski definition) is 1. The summed E-state index contributed by atoms with van der Waals surface area (Å²) in [5, 5.41) is 0. The van der Waals surface area contributed by atoms with Crippen LogP contribution in [-0.4, -0.2) is 6.54 Å². The normalized spacial score (nSPS) is 12.9. The predicted octanol–water partition coefficient (Wildman–Crippen LogP) is 2.43. The van der Waals surface area contributed by atoms with E-state index in [1.165, 1.54) is 9.13 Å². The maximum absolute atomic E-state index is 5.56. The zero-order valence-corrected chi connectivity index (χ0v) is 9.41. The Morgan fingerprint density at radius 2 is 2.25 bits per heavy atom. The summed E-state index contributed by atoms with van der Waals surface area (Å²) in [7, 11) is 0. The van der Waals surface area contributed by atoms with E-state index < -0.39 is 0 Å². The molecule has 0 radical (unpaired) electrons. The lowest BCUT2D eigenvalue weighted by molar-refractivity contribution is 0.593. The van der Waals surface area contributed by atoms with Crippen LogP contribution in [0.25, 0.3) is 0 Å². The molecule has 0 fully saturated rings. The van der Waals surface area contributed by atoms with Crippen molar-refractivity contribution < 1.29 is 0 Å². The van der Waals surface area contributed by atoms with Crippen molar-refractivity contribution in [3.8, 4) is 0 Å². The van der Waals surface area contributed by atoms with Gasteiger partial charge in [-0.1, -0.05) is 19.1 Å². The minimum Gasteiger partial charge on any atom is -0.330 e. The third kappa shape index (κ3) is 3.11. The first-order chi connectivity index (χ1) is 5.72. The number of halogens is 1. The van der Waals surface area contributed by atoms with E-state index in [1.54, 1.807) is 0 Å². The topological polar surface area (TPSA) is 26.0 Å².